The Bertz CT molecular complexity index is 186. The van der Waals surface area contributed by atoms with E-state index in [0.29, 0.717) is 6.61 Å². The van der Waals surface area contributed by atoms with Crippen LogP contribution in [0.15, 0.2) is 11.1 Å². The van der Waals surface area contributed by atoms with Crippen LogP contribution < -0.4 is 0 Å². The van der Waals surface area contributed by atoms with Gasteiger partial charge in [-0.3, -0.25) is 0 Å². The molecular formula is C9H14O2. The third kappa shape index (κ3) is 1.62. The first kappa shape index (κ1) is 8.31. The van der Waals surface area contributed by atoms with Crippen molar-refractivity contribution in [3.63, 3.8) is 0 Å². The number of carbonyl (C=O) groups excluding carboxylic acids is 1. The van der Waals surface area contributed by atoms with E-state index in [-0.39, 0.29) is 5.97 Å². The molecule has 0 spiro atoms. The van der Waals surface area contributed by atoms with Gasteiger partial charge in [-0.2, -0.15) is 0 Å². The summed E-state index contributed by atoms with van der Waals surface area (Å²) in [6, 6.07) is 0. The van der Waals surface area contributed by atoms with Crippen LogP contribution >= 0.6 is 0 Å². The first-order chi connectivity index (χ1) is 5.29. The molecule has 0 N–H and O–H groups in total. The lowest BCUT2D eigenvalue weighted by Crippen LogP contribution is -1.98. The van der Waals surface area contributed by atoms with Crippen LogP contribution in [0, 0.1) is 0 Å². The third-order valence-electron chi connectivity index (χ3n) is 2.11. The number of rotatable bonds is 2. The number of carbonyl (C=O) groups is 1. The molecule has 0 aromatic rings. The van der Waals surface area contributed by atoms with Gasteiger partial charge in [0.05, 0.1) is 6.61 Å². The SMILES string of the molecule is CCC(CC)=C1CCOC1=O. The molecule has 0 unspecified atom stereocenters. The predicted molar refractivity (Wildman–Crippen MR) is 43.2 cm³/mol. The number of hydrogen-bond acceptors (Lipinski definition) is 2. The monoisotopic (exact) mass is 154 g/mol. The van der Waals surface area contributed by atoms with E-state index in [1.165, 1.54) is 5.57 Å². The van der Waals surface area contributed by atoms with Crippen molar-refractivity contribution in [3.05, 3.63) is 11.1 Å². The molecule has 0 aliphatic carbocycles. The zero-order valence-electron chi connectivity index (χ0n) is 7.14. The van der Waals surface area contributed by atoms with Crippen LogP contribution in [0.5, 0.6) is 0 Å². The summed E-state index contributed by atoms with van der Waals surface area (Å²) in [5, 5.41) is 0. The molecule has 62 valence electrons. The topological polar surface area (TPSA) is 26.3 Å². The molecule has 2 heteroatoms. The van der Waals surface area contributed by atoms with Gasteiger partial charge in [0.25, 0.3) is 0 Å². The maximum atomic E-state index is 11.1. The molecule has 0 radical (unpaired) electrons. The number of ether oxygens (including phenoxy) is 1. The first-order valence-electron chi connectivity index (χ1n) is 4.17. The Morgan fingerprint density at radius 1 is 1.45 bits per heavy atom. The van der Waals surface area contributed by atoms with Crippen molar-refractivity contribution < 1.29 is 9.53 Å². The van der Waals surface area contributed by atoms with Gasteiger partial charge in [0.1, 0.15) is 0 Å². The fourth-order valence-corrected chi connectivity index (χ4v) is 1.43. The van der Waals surface area contributed by atoms with Crippen molar-refractivity contribution in [2.45, 2.75) is 33.1 Å². The highest BCUT2D eigenvalue weighted by Gasteiger charge is 2.20. The normalized spacial score (nSPS) is 16.9. The van der Waals surface area contributed by atoms with Gasteiger partial charge in [-0.05, 0) is 12.8 Å². The van der Waals surface area contributed by atoms with Crippen molar-refractivity contribution >= 4 is 5.97 Å². The van der Waals surface area contributed by atoms with Crippen molar-refractivity contribution in [1.29, 1.82) is 0 Å². The fraction of sp³-hybridized carbons (Fsp3) is 0.667. The van der Waals surface area contributed by atoms with Crippen LogP contribution in [0.1, 0.15) is 33.1 Å². The van der Waals surface area contributed by atoms with Crippen LogP contribution in [0.25, 0.3) is 0 Å². The standard InChI is InChI=1S/C9H14O2/c1-3-7(4-2)8-5-6-11-9(8)10/h3-6H2,1-2H3. The minimum Gasteiger partial charge on any atom is -0.462 e. The molecule has 1 rings (SSSR count). The van der Waals surface area contributed by atoms with E-state index in [0.717, 1.165) is 24.8 Å². The summed E-state index contributed by atoms with van der Waals surface area (Å²) < 4.78 is 4.85. The van der Waals surface area contributed by atoms with E-state index in [9.17, 15) is 4.79 Å². The molecule has 0 aromatic heterocycles. The van der Waals surface area contributed by atoms with Gasteiger partial charge in [0.2, 0.25) is 0 Å². The van der Waals surface area contributed by atoms with Gasteiger partial charge >= 0.3 is 5.97 Å². The number of cyclic esters (lactones) is 1. The molecule has 0 bridgehead atoms. The quantitative estimate of drug-likeness (QED) is 0.449. The van der Waals surface area contributed by atoms with Gasteiger partial charge in [0.15, 0.2) is 0 Å². The van der Waals surface area contributed by atoms with Gasteiger partial charge in [0, 0.05) is 12.0 Å². The second kappa shape index (κ2) is 3.56. The smallest absolute Gasteiger partial charge is 0.334 e. The predicted octanol–water partition coefficient (Wildman–Crippen LogP) is 2.05. The zero-order valence-corrected chi connectivity index (χ0v) is 7.14. The van der Waals surface area contributed by atoms with Crippen LogP contribution in [0.3, 0.4) is 0 Å². The fourth-order valence-electron chi connectivity index (χ4n) is 1.43. The molecule has 0 aromatic carbocycles. The molecule has 1 aliphatic heterocycles. The Labute approximate surface area is 67.2 Å². The molecule has 1 aliphatic rings. The van der Waals surface area contributed by atoms with Gasteiger partial charge in [-0.1, -0.05) is 19.4 Å². The zero-order chi connectivity index (χ0) is 8.27. The highest BCUT2D eigenvalue weighted by Crippen LogP contribution is 2.21. The Kier molecular flexibility index (Phi) is 2.69. The molecule has 1 heterocycles. The highest BCUT2D eigenvalue weighted by atomic mass is 16.5. The number of hydrogen-bond donors (Lipinski definition) is 0. The van der Waals surface area contributed by atoms with E-state index >= 15 is 0 Å². The van der Waals surface area contributed by atoms with Crippen molar-refractivity contribution in [1.82, 2.24) is 0 Å². The van der Waals surface area contributed by atoms with Gasteiger partial charge < -0.3 is 4.74 Å². The molecule has 0 atom stereocenters. The lowest BCUT2D eigenvalue weighted by atomic mass is 10.0. The molecule has 0 amide bonds. The lowest BCUT2D eigenvalue weighted by Gasteiger charge is -2.01. The number of allylic oxidation sites excluding steroid dienone is 1. The summed E-state index contributed by atoms with van der Waals surface area (Å²) in [7, 11) is 0. The van der Waals surface area contributed by atoms with E-state index in [1.807, 2.05) is 0 Å². The van der Waals surface area contributed by atoms with E-state index in [1.54, 1.807) is 0 Å². The highest BCUT2D eigenvalue weighted by molar-refractivity contribution is 5.91. The maximum absolute atomic E-state index is 11.1. The van der Waals surface area contributed by atoms with Gasteiger partial charge in [-0.25, -0.2) is 4.79 Å². The molecule has 0 saturated carbocycles. The van der Waals surface area contributed by atoms with E-state index in [4.69, 9.17) is 4.74 Å². The average molecular weight is 154 g/mol. The van der Waals surface area contributed by atoms with E-state index < -0.39 is 0 Å². The summed E-state index contributed by atoms with van der Waals surface area (Å²) >= 11 is 0. The molecule has 1 fully saturated rings. The summed E-state index contributed by atoms with van der Waals surface area (Å²) in [6.45, 7) is 4.74. The molecule has 1 saturated heterocycles. The van der Waals surface area contributed by atoms with Crippen molar-refractivity contribution in [3.8, 4) is 0 Å². The Balaban J connectivity index is 2.82. The van der Waals surface area contributed by atoms with Crippen LogP contribution in [-0.4, -0.2) is 12.6 Å². The Morgan fingerprint density at radius 3 is 2.45 bits per heavy atom. The summed E-state index contributed by atoms with van der Waals surface area (Å²) in [6.07, 6.45) is 2.76. The van der Waals surface area contributed by atoms with Crippen molar-refractivity contribution in [2.75, 3.05) is 6.61 Å². The average Bonchev–Trinajstić information content (AvgIpc) is 2.40. The second-order valence-corrected chi connectivity index (χ2v) is 2.68. The minimum absolute atomic E-state index is 0.0938. The Morgan fingerprint density at radius 2 is 2.09 bits per heavy atom. The van der Waals surface area contributed by atoms with Crippen molar-refractivity contribution in [2.24, 2.45) is 0 Å². The minimum atomic E-state index is -0.0938. The maximum Gasteiger partial charge on any atom is 0.334 e. The summed E-state index contributed by atoms with van der Waals surface area (Å²) in [5.74, 6) is -0.0938. The van der Waals surface area contributed by atoms with Crippen LogP contribution in [0.4, 0.5) is 0 Å². The largest absolute Gasteiger partial charge is 0.462 e. The van der Waals surface area contributed by atoms with Gasteiger partial charge in [-0.15, -0.1) is 0 Å². The summed E-state index contributed by atoms with van der Waals surface area (Å²) in [5.41, 5.74) is 2.18. The molecule has 11 heavy (non-hydrogen) atoms. The molecular weight excluding hydrogens is 140 g/mol. The third-order valence-corrected chi connectivity index (χ3v) is 2.11. The summed E-state index contributed by atoms with van der Waals surface area (Å²) in [4.78, 5) is 11.1. The second-order valence-electron chi connectivity index (χ2n) is 2.68. The van der Waals surface area contributed by atoms with Crippen LogP contribution in [0.2, 0.25) is 0 Å². The first-order valence-corrected chi connectivity index (χ1v) is 4.17. The lowest BCUT2D eigenvalue weighted by molar-refractivity contribution is -0.135. The number of esters is 1. The van der Waals surface area contributed by atoms with E-state index in [2.05, 4.69) is 13.8 Å². The Hall–Kier alpha value is -0.790. The van der Waals surface area contributed by atoms with Crippen LogP contribution in [-0.2, 0) is 9.53 Å². The molecule has 2 nitrogen and oxygen atoms in total.